The van der Waals surface area contributed by atoms with Gasteiger partial charge < -0.3 is 35.6 Å². The Bertz CT molecular complexity index is 1500. The van der Waals surface area contributed by atoms with Gasteiger partial charge in [-0.1, -0.05) is 30.3 Å². The lowest BCUT2D eigenvalue weighted by molar-refractivity contribution is -0.125. The van der Waals surface area contributed by atoms with Gasteiger partial charge in [-0.05, 0) is 111 Å². The summed E-state index contributed by atoms with van der Waals surface area (Å²) < 4.78 is 6.26. The molecule has 0 bridgehead atoms. The van der Waals surface area contributed by atoms with Gasteiger partial charge >= 0.3 is 0 Å². The summed E-state index contributed by atoms with van der Waals surface area (Å²) in [6.07, 6.45) is 5.19. The number of carbonyl (C=O) groups excluding carboxylic acids is 1. The lowest BCUT2D eigenvalue weighted by Crippen LogP contribution is -2.45. The smallest absolute Gasteiger partial charge is 0.133 e. The molecule has 0 amide bonds. The number of hydrogen-bond donors (Lipinski definition) is 6. The third-order valence-electron chi connectivity index (χ3n) is 9.69. The average molecular weight is 647 g/mol. The number of benzene rings is 2. The number of unbranched alkanes of at least 4 members (excludes halogenated alkanes) is 1. The van der Waals surface area contributed by atoms with Crippen LogP contribution in [-0.2, 0) is 23.3 Å². The van der Waals surface area contributed by atoms with Crippen LogP contribution in [0.4, 0.5) is 0 Å². The summed E-state index contributed by atoms with van der Waals surface area (Å²) in [4.78, 5) is 16.9. The van der Waals surface area contributed by atoms with Crippen molar-refractivity contribution < 1.29 is 35.1 Å². The van der Waals surface area contributed by atoms with Crippen molar-refractivity contribution in [2.75, 3.05) is 6.61 Å². The second-order valence-corrected chi connectivity index (χ2v) is 13.5. The molecule has 0 unspecified atom stereocenters. The lowest BCUT2D eigenvalue weighted by atomic mass is 9.93. The van der Waals surface area contributed by atoms with Crippen LogP contribution in [0.15, 0.2) is 54.9 Å². The van der Waals surface area contributed by atoms with E-state index in [-0.39, 0.29) is 24.2 Å². The van der Waals surface area contributed by atoms with Gasteiger partial charge in [0.15, 0.2) is 0 Å². The molecule has 47 heavy (non-hydrogen) atoms. The molecule has 2 aliphatic carbocycles. The zero-order valence-corrected chi connectivity index (χ0v) is 27.6. The Balaban J connectivity index is 1.12. The van der Waals surface area contributed by atoms with Crippen LogP contribution in [0.5, 0.6) is 5.75 Å². The Hall–Kier alpha value is -3.18. The largest absolute Gasteiger partial charge is 0.490 e. The minimum atomic E-state index is -1.68. The first-order valence-electron chi connectivity index (χ1n) is 17.0. The first-order chi connectivity index (χ1) is 22.6. The van der Waals surface area contributed by atoms with Crippen LogP contribution < -0.4 is 10.1 Å². The van der Waals surface area contributed by atoms with E-state index in [0.29, 0.717) is 12.5 Å². The van der Waals surface area contributed by atoms with Crippen LogP contribution in [0, 0.1) is 13.8 Å². The predicted octanol–water partition coefficient (Wildman–Crippen LogP) is 4.18. The van der Waals surface area contributed by atoms with E-state index in [1.54, 1.807) is 0 Å². The van der Waals surface area contributed by atoms with E-state index in [4.69, 9.17) is 9.84 Å². The molecule has 2 aliphatic rings. The summed E-state index contributed by atoms with van der Waals surface area (Å²) in [7, 11) is 0. The molecule has 3 aromatic rings. The van der Waals surface area contributed by atoms with E-state index in [9.17, 15) is 25.2 Å². The molecular weight excluding hydrogens is 596 g/mol. The quantitative estimate of drug-likeness (QED) is 0.105. The van der Waals surface area contributed by atoms with Gasteiger partial charge in [0.25, 0.3) is 0 Å². The number of aliphatic hydroxyl groups excluding tert-OH is 5. The molecule has 2 aromatic carbocycles. The first kappa shape index (κ1) is 35.1. The Morgan fingerprint density at radius 2 is 1.64 bits per heavy atom. The Kier molecular flexibility index (Phi) is 11.8. The number of Topliss-reactive ketones (excluding diaryl/α,β-unsaturated/α-hetero) is 1. The Labute approximate surface area is 277 Å². The topological polar surface area (TPSA) is 152 Å². The second-order valence-electron chi connectivity index (χ2n) is 13.5. The first-order valence-corrected chi connectivity index (χ1v) is 17.0. The third-order valence-corrected chi connectivity index (χ3v) is 9.69. The molecule has 0 saturated heterocycles. The van der Waals surface area contributed by atoms with Gasteiger partial charge in [-0.25, -0.2) is 0 Å². The number of carbonyl (C=O) groups is 1. The van der Waals surface area contributed by atoms with Crippen molar-refractivity contribution in [3.8, 4) is 16.9 Å². The maximum Gasteiger partial charge on any atom is 0.133 e. The van der Waals surface area contributed by atoms with Crippen LogP contribution in [0.25, 0.3) is 11.1 Å². The number of aliphatic hydroxyl groups is 5. The summed E-state index contributed by atoms with van der Waals surface area (Å²) in [6.45, 7) is 4.32. The van der Waals surface area contributed by atoms with Gasteiger partial charge in [0.2, 0.25) is 0 Å². The summed E-state index contributed by atoms with van der Waals surface area (Å²) in [5.74, 6) is 0.920. The maximum atomic E-state index is 12.4. The van der Waals surface area contributed by atoms with Crippen molar-refractivity contribution >= 4 is 5.78 Å². The van der Waals surface area contributed by atoms with Gasteiger partial charge in [-0.3, -0.25) is 9.78 Å². The number of pyridine rings is 1. The van der Waals surface area contributed by atoms with Crippen LogP contribution in [0.3, 0.4) is 0 Å². The van der Waals surface area contributed by atoms with Gasteiger partial charge in [-0.2, -0.15) is 0 Å². The molecule has 0 spiro atoms. The number of nitrogens with one attached hydrogen (secondary N) is 1. The van der Waals surface area contributed by atoms with Crippen molar-refractivity contribution in [3.05, 3.63) is 82.7 Å². The van der Waals surface area contributed by atoms with E-state index in [1.807, 2.05) is 18.5 Å². The minimum absolute atomic E-state index is 0.0193. The number of hydrogen-bond acceptors (Lipinski definition) is 9. The van der Waals surface area contributed by atoms with Gasteiger partial charge in [0.1, 0.15) is 29.8 Å². The molecule has 2 saturated carbocycles. The number of aryl methyl sites for hydroxylation is 3. The van der Waals surface area contributed by atoms with E-state index in [2.05, 4.69) is 60.5 Å². The van der Waals surface area contributed by atoms with Crippen molar-refractivity contribution in [3.63, 3.8) is 0 Å². The molecule has 9 heteroatoms. The van der Waals surface area contributed by atoms with Crippen molar-refractivity contribution in [1.29, 1.82) is 0 Å². The number of ether oxygens (including phenoxy) is 1. The molecule has 2 fully saturated rings. The molecule has 9 nitrogen and oxygen atoms in total. The summed E-state index contributed by atoms with van der Waals surface area (Å²) in [5, 5.41) is 52.0. The highest BCUT2D eigenvalue weighted by atomic mass is 16.5. The Morgan fingerprint density at radius 1 is 0.936 bits per heavy atom. The number of nitrogens with zero attached hydrogens (tertiary/aromatic N) is 1. The van der Waals surface area contributed by atoms with Crippen molar-refractivity contribution in [1.82, 2.24) is 10.3 Å². The molecule has 254 valence electrons. The highest BCUT2D eigenvalue weighted by molar-refractivity contribution is 5.78. The van der Waals surface area contributed by atoms with Gasteiger partial charge in [-0.15, -0.1) is 0 Å². The number of ketones is 1. The van der Waals surface area contributed by atoms with Crippen molar-refractivity contribution in [2.45, 2.75) is 121 Å². The molecule has 1 heterocycles. The molecule has 4 atom stereocenters. The molecule has 0 aliphatic heterocycles. The fourth-order valence-electron chi connectivity index (χ4n) is 6.30. The monoisotopic (exact) mass is 646 g/mol. The Morgan fingerprint density at radius 3 is 2.36 bits per heavy atom. The highest BCUT2D eigenvalue weighted by Gasteiger charge is 2.46. The number of para-hydroxylation sites is 1. The molecule has 1 aromatic heterocycles. The third kappa shape index (κ3) is 9.04. The summed E-state index contributed by atoms with van der Waals surface area (Å²) in [6, 6.07) is 15.0. The number of rotatable bonds is 19. The van der Waals surface area contributed by atoms with E-state index >= 15 is 0 Å². The lowest BCUT2D eigenvalue weighted by Gasteiger charge is -2.25. The van der Waals surface area contributed by atoms with Gasteiger partial charge in [0, 0.05) is 42.9 Å². The highest BCUT2D eigenvalue weighted by Crippen LogP contribution is 2.50. The van der Waals surface area contributed by atoms with Crippen LogP contribution in [0.1, 0.15) is 85.6 Å². The SMILES string of the molecule is Cc1cc(CNC2(c3cnccc3-c3ccccc3OC3CC3)CC2)c(C)cc1CCCCC(=O)CC[C@H](O)[C@@H](O)[C@H](O)[C@H](O)CO. The van der Waals surface area contributed by atoms with Crippen molar-refractivity contribution in [2.24, 2.45) is 0 Å². The van der Waals surface area contributed by atoms with Crippen LogP contribution >= 0.6 is 0 Å². The second kappa shape index (κ2) is 15.8. The van der Waals surface area contributed by atoms with Gasteiger partial charge in [0.05, 0.1) is 18.8 Å². The van der Waals surface area contributed by atoms with Crippen LogP contribution in [0.2, 0.25) is 0 Å². The molecule has 5 rings (SSSR count). The number of aromatic nitrogens is 1. The van der Waals surface area contributed by atoms with Crippen LogP contribution in [-0.4, -0.2) is 73.4 Å². The van der Waals surface area contributed by atoms with E-state index in [1.165, 1.54) is 33.4 Å². The molecule has 6 N–H and O–H groups in total. The maximum absolute atomic E-state index is 12.4. The van der Waals surface area contributed by atoms with E-state index < -0.39 is 31.0 Å². The average Bonchev–Trinajstić information content (AvgIpc) is 4.03. The fourth-order valence-corrected chi connectivity index (χ4v) is 6.30. The van der Waals surface area contributed by atoms with E-state index in [0.717, 1.165) is 62.8 Å². The zero-order valence-electron chi connectivity index (χ0n) is 27.6. The zero-order chi connectivity index (χ0) is 33.6. The summed E-state index contributed by atoms with van der Waals surface area (Å²) >= 11 is 0. The molecular formula is C38H50N2O7. The fraction of sp³-hybridized carbons (Fsp3) is 0.526. The standard InChI is InChI=1S/C38H50N2O7/c1-24-20-27(25(2)19-26(24)7-3-4-8-28(42)11-14-33(43)36(45)37(46)34(44)23-41)21-40-38(16-17-38)32-22-39-18-15-30(32)31-9-5-6-10-35(31)47-29-12-13-29/h5-6,9-10,15,18-20,22,29,33-34,36-37,40-41,43-46H,3-4,7-8,11-14,16-17,21,23H2,1-2H3/t33-,34+,36+,37+/m0/s1. The molecule has 0 radical (unpaired) electrons. The normalized spacial score (nSPS) is 17.9. The predicted molar refractivity (Wildman–Crippen MR) is 180 cm³/mol. The minimum Gasteiger partial charge on any atom is -0.490 e. The summed E-state index contributed by atoms with van der Waals surface area (Å²) in [5.41, 5.74) is 8.41.